The summed E-state index contributed by atoms with van der Waals surface area (Å²) < 4.78 is 26.3. The summed E-state index contributed by atoms with van der Waals surface area (Å²) in [7, 11) is -3.57. The number of sulfonamides is 1. The molecule has 8 heteroatoms. The first-order valence-electron chi connectivity index (χ1n) is 7.07. The van der Waals surface area contributed by atoms with Gasteiger partial charge in [0.25, 0.3) is 5.91 Å². The van der Waals surface area contributed by atoms with E-state index in [9.17, 15) is 13.2 Å². The van der Waals surface area contributed by atoms with Gasteiger partial charge >= 0.3 is 0 Å². The Labute approximate surface area is 135 Å². The van der Waals surface area contributed by atoms with E-state index in [-0.39, 0.29) is 10.8 Å². The minimum atomic E-state index is -3.57. The first kappa shape index (κ1) is 17.0. The fourth-order valence-electron chi connectivity index (χ4n) is 2.09. The lowest BCUT2D eigenvalue weighted by Crippen LogP contribution is -2.31. The molecule has 2 rings (SSSR count). The van der Waals surface area contributed by atoms with E-state index in [1.54, 1.807) is 26.0 Å². The first-order valence-corrected chi connectivity index (χ1v) is 9.50. The maximum absolute atomic E-state index is 12.5. The van der Waals surface area contributed by atoms with Crippen LogP contribution in [-0.2, 0) is 10.0 Å². The number of hydrogen-bond acceptors (Lipinski definition) is 5. The monoisotopic (exact) mass is 341 g/mol. The van der Waals surface area contributed by atoms with Crippen molar-refractivity contribution in [3.8, 4) is 0 Å². The number of carbonyl (C=O) groups is 1. The molecule has 6 nitrogen and oxygen atoms in total. The number of nitrogens with one attached hydrogen (secondary N) is 1. The summed E-state index contributed by atoms with van der Waals surface area (Å²) in [5.41, 5.74) is 0.309. The van der Waals surface area contributed by atoms with Crippen molar-refractivity contribution < 1.29 is 13.2 Å². The van der Waals surface area contributed by atoms with E-state index in [4.69, 9.17) is 0 Å². The summed E-state index contributed by atoms with van der Waals surface area (Å²) in [4.78, 5) is 16.5. The maximum atomic E-state index is 12.5. The van der Waals surface area contributed by atoms with Gasteiger partial charge in [-0.05, 0) is 18.2 Å². The fraction of sp³-hybridized carbons (Fsp3) is 0.429. The van der Waals surface area contributed by atoms with Crippen LogP contribution in [0.4, 0.5) is 0 Å². The number of amides is 1. The van der Waals surface area contributed by atoms with Crippen LogP contribution in [0.1, 0.15) is 24.2 Å². The number of rotatable bonds is 5. The molecule has 0 saturated heterocycles. The number of amidine groups is 1. The Morgan fingerprint density at radius 2 is 2.09 bits per heavy atom. The summed E-state index contributed by atoms with van der Waals surface area (Å²) in [6.07, 6.45) is 0. The molecule has 0 aromatic heterocycles. The van der Waals surface area contributed by atoms with Gasteiger partial charge in [0.05, 0.1) is 11.4 Å². The molecule has 0 saturated carbocycles. The molecule has 0 radical (unpaired) electrons. The summed E-state index contributed by atoms with van der Waals surface area (Å²) in [5.74, 6) is 0.510. The third-order valence-electron chi connectivity index (χ3n) is 3.25. The van der Waals surface area contributed by atoms with Crippen molar-refractivity contribution in [1.82, 2.24) is 9.62 Å². The highest BCUT2D eigenvalue weighted by atomic mass is 32.2. The topological polar surface area (TPSA) is 78.8 Å². The normalized spacial score (nSPS) is 15.0. The zero-order chi connectivity index (χ0) is 16.2. The van der Waals surface area contributed by atoms with Crippen LogP contribution in [0.5, 0.6) is 0 Å². The van der Waals surface area contributed by atoms with Crippen molar-refractivity contribution in [3.05, 3.63) is 29.8 Å². The van der Waals surface area contributed by atoms with Crippen LogP contribution < -0.4 is 5.32 Å². The van der Waals surface area contributed by atoms with Crippen LogP contribution in [0.25, 0.3) is 0 Å². The van der Waals surface area contributed by atoms with E-state index >= 15 is 0 Å². The predicted octanol–water partition coefficient (Wildman–Crippen LogP) is 1.55. The van der Waals surface area contributed by atoms with Gasteiger partial charge < -0.3 is 5.32 Å². The molecule has 1 amide bonds. The molecule has 120 valence electrons. The lowest BCUT2D eigenvalue weighted by atomic mass is 10.2. The third-order valence-corrected chi connectivity index (χ3v) is 6.18. The maximum Gasteiger partial charge on any atom is 0.257 e. The van der Waals surface area contributed by atoms with Crippen molar-refractivity contribution in [2.45, 2.75) is 18.7 Å². The van der Waals surface area contributed by atoms with Gasteiger partial charge in [0.1, 0.15) is 0 Å². The minimum Gasteiger partial charge on any atom is -0.301 e. The summed E-state index contributed by atoms with van der Waals surface area (Å²) >= 11 is 1.48. The van der Waals surface area contributed by atoms with Crippen LogP contribution in [0.3, 0.4) is 0 Å². The van der Waals surface area contributed by atoms with Gasteiger partial charge in [-0.3, -0.25) is 9.79 Å². The van der Waals surface area contributed by atoms with Gasteiger partial charge in [0, 0.05) is 24.4 Å². The molecule has 0 bridgehead atoms. The average molecular weight is 341 g/mol. The summed E-state index contributed by atoms with van der Waals surface area (Å²) in [6.45, 7) is 5.04. The van der Waals surface area contributed by atoms with Crippen molar-refractivity contribution in [3.63, 3.8) is 0 Å². The zero-order valence-corrected chi connectivity index (χ0v) is 14.2. The van der Waals surface area contributed by atoms with Crippen LogP contribution in [-0.4, -0.2) is 49.2 Å². The van der Waals surface area contributed by atoms with E-state index in [0.29, 0.717) is 30.4 Å². The van der Waals surface area contributed by atoms with Gasteiger partial charge in [0.15, 0.2) is 5.17 Å². The van der Waals surface area contributed by atoms with E-state index in [1.165, 1.54) is 28.2 Å². The molecule has 0 spiro atoms. The van der Waals surface area contributed by atoms with Crippen molar-refractivity contribution in [1.29, 1.82) is 0 Å². The molecule has 0 unspecified atom stereocenters. The molecule has 0 fully saturated rings. The van der Waals surface area contributed by atoms with E-state index in [0.717, 1.165) is 5.75 Å². The van der Waals surface area contributed by atoms with Crippen LogP contribution in [0.2, 0.25) is 0 Å². The molecule has 1 heterocycles. The van der Waals surface area contributed by atoms with Gasteiger partial charge in [0.2, 0.25) is 10.0 Å². The first-order chi connectivity index (χ1) is 10.5. The Balaban J connectivity index is 2.24. The molecule has 1 N–H and O–H groups in total. The SMILES string of the molecule is CCN(CC)S(=O)(=O)c1cccc(C(=O)NC2=NCCS2)c1. The smallest absolute Gasteiger partial charge is 0.257 e. The Bertz CT molecular complexity index is 682. The predicted molar refractivity (Wildman–Crippen MR) is 88.8 cm³/mol. The van der Waals surface area contributed by atoms with Crippen LogP contribution in [0, 0.1) is 0 Å². The minimum absolute atomic E-state index is 0.130. The van der Waals surface area contributed by atoms with Crippen LogP contribution in [0.15, 0.2) is 34.2 Å². The molecule has 22 heavy (non-hydrogen) atoms. The van der Waals surface area contributed by atoms with E-state index in [2.05, 4.69) is 10.3 Å². The molecule has 1 aromatic carbocycles. The van der Waals surface area contributed by atoms with Gasteiger partial charge in [-0.25, -0.2) is 8.42 Å². The molecular formula is C14H19N3O3S2. The molecule has 0 atom stereocenters. The number of aliphatic imine (C=N–C) groups is 1. The van der Waals surface area contributed by atoms with E-state index < -0.39 is 10.0 Å². The summed E-state index contributed by atoms with van der Waals surface area (Å²) in [5, 5.41) is 3.28. The lowest BCUT2D eigenvalue weighted by molar-refractivity contribution is 0.0978. The number of thioether (sulfide) groups is 1. The number of nitrogens with zero attached hydrogens (tertiary/aromatic N) is 2. The molecule has 1 aliphatic rings. The van der Waals surface area contributed by atoms with E-state index in [1.807, 2.05) is 0 Å². The summed E-state index contributed by atoms with van der Waals surface area (Å²) in [6, 6.07) is 6.08. The Morgan fingerprint density at radius 1 is 1.36 bits per heavy atom. The second-order valence-electron chi connectivity index (χ2n) is 4.61. The highest BCUT2D eigenvalue weighted by molar-refractivity contribution is 8.14. The Morgan fingerprint density at radius 3 is 2.68 bits per heavy atom. The number of carbonyl (C=O) groups excluding carboxylic acids is 1. The Kier molecular flexibility index (Phi) is 5.60. The lowest BCUT2D eigenvalue weighted by Gasteiger charge is -2.18. The highest BCUT2D eigenvalue weighted by Crippen LogP contribution is 2.17. The molecule has 1 aromatic rings. The third kappa shape index (κ3) is 3.68. The quantitative estimate of drug-likeness (QED) is 0.881. The average Bonchev–Trinajstić information content (AvgIpc) is 3.01. The second kappa shape index (κ2) is 7.26. The van der Waals surface area contributed by atoms with Crippen LogP contribution >= 0.6 is 11.8 Å². The molecule has 1 aliphatic heterocycles. The Hall–Kier alpha value is -1.38. The van der Waals surface area contributed by atoms with Gasteiger partial charge in [-0.15, -0.1) is 0 Å². The molecular weight excluding hydrogens is 322 g/mol. The highest BCUT2D eigenvalue weighted by Gasteiger charge is 2.22. The van der Waals surface area contributed by atoms with Crippen molar-refractivity contribution in [2.75, 3.05) is 25.4 Å². The fourth-order valence-corrected chi connectivity index (χ4v) is 4.32. The zero-order valence-electron chi connectivity index (χ0n) is 12.6. The number of benzene rings is 1. The van der Waals surface area contributed by atoms with Gasteiger partial charge in [-0.1, -0.05) is 31.7 Å². The standard InChI is InChI=1S/C14H19N3O3S2/c1-3-17(4-2)22(19,20)12-7-5-6-11(10-12)13(18)16-14-15-8-9-21-14/h5-7,10H,3-4,8-9H2,1-2H3,(H,15,16,18). The second-order valence-corrected chi connectivity index (χ2v) is 7.63. The number of hydrogen-bond donors (Lipinski definition) is 1. The molecule has 0 aliphatic carbocycles. The largest absolute Gasteiger partial charge is 0.301 e. The van der Waals surface area contributed by atoms with Crippen molar-refractivity contribution in [2.24, 2.45) is 4.99 Å². The van der Waals surface area contributed by atoms with Gasteiger partial charge in [-0.2, -0.15) is 4.31 Å². The van der Waals surface area contributed by atoms with Crippen molar-refractivity contribution >= 4 is 32.9 Å².